The third-order valence-electron chi connectivity index (χ3n) is 3.25. The summed E-state index contributed by atoms with van der Waals surface area (Å²) in [6, 6.07) is 8.66. The Bertz CT molecular complexity index is 829. The van der Waals surface area contributed by atoms with Crippen LogP contribution >= 0.6 is 23.2 Å². The maximum Gasteiger partial charge on any atom is 0.226 e. The van der Waals surface area contributed by atoms with Crippen molar-refractivity contribution < 1.29 is 9.53 Å². The minimum Gasteiger partial charge on any atom is -0.454 e. The summed E-state index contributed by atoms with van der Waals surface area (Å²) in [6.07, 6.45) is 0.247. The number of carbonyl (C=O) groups excluding carboxylic acids is 1. The quantitative estimate of drug-likeness (QED) is 0.770. The molecule has 0 fully saturated rings. The number of ether oxygens (including phenoxy) is 1. The van der Waals surface area contributed by atoms with Crippen molar-refractivity contribution in [3.8, 4) is 17.6 Å². The van der Waals surface area contributed by atoms with E-state index in [1.54, 1.807) is 45.3 Å². The second kappa shape index (κ2) is 7.52. The van der Waals surface area contributed by atoms with Crippen molar-refractivity contribution in [3.63, 3.8) is 0 Å². The largest absolute Gasteiger partial charge is 0.454 e. The number of aryl methyl sites for hydroxylation is 1. The van der Waals surface area contributed by atoms with Crippen LogP contribution in [0.4, 0.5) is 0 Å². The molecule has 24 heavy (non-hydrogen) atoms. The van der Waals surface area contributed by atoms with Crippen molar-refractivity contribution in [1.29, 1.82) is 5.26 Å². The second-order valence-electron chi connectivity index (χ2n) is 5.37. The number of amides is 1. The van der Waals surface area contributed by atoms with Gasteiger partial charge in [0.2, 0.25) is 5.91 Å². The summed E-state index contributed by atoms with van der Waals surface area (Å²) in [6.45, 7) is 1.75. The first kappa shape index (κ1) is 18.1. The Kier molecular flexibility index (Phi) is 5.66. The molecule has 0 atom stereocenters. The summed E-state index contributed by atoms with van der Waals surface area (Å²) < 4.78 is 5.73. The molecule has 0 N–H and O–H groups in total. The van der Waals surface area contributed by atoms with Crippen molar-refractivity contribution >= 4 is 29.1 Å². The van der Waals surface area contributed by atoms with E-state index in [-0.39, 0.29) is 28.8 Å². The molecule has 1 aromatic carbocycles. The molecule has 0 bridgehead atoms. The molecule has 0 aliphatic carbocycles. The van der Waals surface area contributed by atoms with E-state index in [1.807, 2.05) is 6.07 Å². The van der Waals surface area contributed by atoms with E-state index in [4.69, 9.17) is 27.9 Å². The number of pyridine rings is 1. The van der Waals surface area contributed by atoms with Gasteiger partial charge in [-0.2, -0.15) is 5.26 Å². The van der Waals surface area contributed by atoms with E-state index in [0.717, 1.165) is 5.56 Å². The van der Waals surface area contributed by atoms with Crippen LogP contribution in [0, 0.1) is 18.3 Å². The number of hydrogen-bond acceptors (Lipinski definition) is 4. The zero-order valence-electron chi connectivity index (χ0n) is 13.4. The summed E-state index contributed by atoms with van der Waals surface area (Å²) >= 11 is 12.2. The van der Waals surface area contributed by atoms with Crippen LogP contribution in [-0.2, 0) is 11.2 Å². The fraction of sp³-hybridized carbons (Fsp3) is 0.235. The molecule has 0 aliphatic heterocycles. The van der Waals surface area contributed by atoms with Gasteiger partial charge in [-0.3, -0.25) is 4.79 Å². The number of carbonyl (C=O) groups is 1. The topological polar surface area (TPSA) is 66.2 Å². The predicted octanol–water partition coefficient (Wildman–Crippen LogP) is 3.99. The van der Waals surface area contributed by atoms with E-state index < -0.39 is 0 Å². The number of hydrogen-bond donors (Lipinski definition) is 0. The van der Waals surface area contributed by atoms with Gasteiger partial charge in [0.1, 0.15) is 23.1 Å². The van der Waals surface area contributed by atoms with Crippen LogP contribution in [0.3, 0.4) is 0 Å². The van der Waals surface area contributed by atoms with Gasteiger partial charge in [0.25, 0.3) is 0 Å². The third-order valence-corrected chi connectivity index (χ3v) is 3.82. The van der Waals surface area contributed by atoms with Crippen LogP contribution < -0.4 is 4.74 Å². The van der Waals surface area contributed by atoms with Gasteiger partial charge in [-0.1, -0.05) is 29.3 Å². The summed E-state index contributed by atoms with van der Waals surface area (Å²) in [5.74, 6) is 0.632. The molecule has 0 spiro atoms. The average molecular weight is 364 g/mol. The summed E-state index contributed by atoms with van der Waals surface area (Å²) in [7, 11) is 3.39. The monoisotopic (exact) mass is 363 g/mol. The molecule has 7 heteroatoms. The Labute approximate surface area is 150 Å². The standard InChI is InChI=1S/C17H15Cl2N3O2/c1-10-6-15(12(9-20)17(19)21-10)24-14-5-4-11(7-13(14)18)8-16(23)22(2)3/h4-7H,8H2,1-3H3. The summed E-state index contributed by atoms with van der Waals surface area (Å²) in [5, 5.41) is 9.62. The van der Waals surface area contributed by atoms with Gasteiger partial charge in [0.15, 0.2) is 5.15 Å². The van der Waals surface area contributed by atoms with Gasteiger partial charge in [0, 0.05) is 25.9 Å². The maximum absolute atomic E-state index is 11.8. The van der Waals surface area contributed by atoms with Crippen molar-refractivity contribution in [2.45, 2.75) is 13.3 Å². The Balaban J connectivity index is 2.29. The summed E-state index contributed by atoms with van der Waals surface area (Å²) in [4.78, 5) is 17.3. The number of likely N-dealkylation sites (N-methyl/N-ethyl adjacent to an activating group) is 1. The fourth-order valence-electron chi connectivity index (χ4n) is 1.98. The van der Waals surface area contributed by atoms with E-state index in [0.29, 0.717) is 16.5 Å². The summed E-state index contributed by atoms with van der Waals surface area (Å²) in [5.41, 5.74) is 1.54. The Morgan fingerprint density at radius 3 is 2.58 bits per heavy atom. The lowest BCUT2D eigenvalue weighted by atomic mass is 10.1. The van der Waals surface area contributed by atoms with Gasteiger partial charge in [-0.05, 0) is 24.6 Å². The van der Waals surface area contributed by atoms with Crippen LogP contribution in [0.15, 0.2) is 24.3 Å². The van der Waals surface area contributed by atoms with E-state index in [1.165, 1.54) is 4.90 Å². The van der Waals surface area contributed by atoms with E-state index in [2.05, 4.69) is 4.98 Å². The first-order valence-corrected chi connectivity index (χ1v) is 7.81. The Morgan fingerprint density at radius 2 is 2.00 bits per heavy atom. The maximum atomic E-state index is 11.8. The van der Waals surface area contributed by atoms with E-state index in [9.17, 15) is 10.1 Å². The highest BCUT2D eigenvalue weighted by Crippen LogP contribution is 2.34. The molecular formula is C17H15Cl2N3O2. The minimum atomic E-state index is -0.0250. The average Bonchev–Trinajstić information content (AvgIpc) is 2.49. The van der Waals surface area contributed by atoms with Crippen LogP contribution in [0.2, 0.25) is 10.2 Å². The lowest BCUT2D eigenvalue weighted by molar-refractivity contribution is -0.127. The van der Waals surface area contributed by atoms with Crippen LogP contribution in [0.1, 0.15) is 16.8 Å². The SMILES string of the molecule is Cc1cc(Oc2ccc(CC(=O)N(C)C)cc2Cl)c(C#N)c(Cl)n1. The highest BCUT2D eigenvalue weighted by atomic mass is 35.5. The van der Waals surface area contributed by atoms with Crippen LogP contribution in [-0.4, -0.2) is 29.9 Å². The molecule has 124 valence electrons. The molecular weight excluding hydrogens is 349 g/mol. The molecule has 2 rings (SSSR count). The van der Waals surface area contributed by atoms with Crippen LogP contribution in [0.5, 0.6) is 11.5 Å². The lowest BCUT2D eigenvalue weighted by Crippen LogP contribution is -2.23. The highest BCUT2D eigenvalue weighted by Gasteiger charge is 2.14. The zero-order chi connectivity index (χ0) is 17.9. The molecule has 1 amide bonds. The molecule has 0 saturated carbocycles. The molecule has 0 saturated heterocycles. The van der Waals surface area contributed by atoms with Crippen molar-refractivity contribution in [1.82, 2.24) is 9.88 Å². The van der Waals surface area contributed by atoms with Gasteiger partial charge in [-0.25, -0.2) is 4.98 Å². The molecule has 5 nitrogen and oxygen atoms in total. The Morgan fingerprint density at radius 1 is 1.29 bits per heavy atom. The van der Waals surface area contributed by atoms with Crippen molar-refractivity contribution in [2.24, 2.45) is 0 Å². The third kappa shape index (κ3) is 4.16. The molecule has 2 aromatic rings. The lowest BCUT2D eigenvalue weighted by Gasteiger charge is -2.13. The van der Waals surface area contributed by atoms with Crippen molar-refractivity contribution in [2.75, 3.05) is 14.1 Å². The first-order valence-electron chi connectivity index (χ1n) is 7.05. The number of benzene rings is 1. The molecule has 1 aromatic heterocycles. The molecule has 1 heterocycles. The minimum absolute atomic E-state index is 0.0250. The smallest absolute Gasteiger partial charge is 0.226 e. The predicted molar refractivity (Wildman–Crippen MR) is 92.6 cm³/mol. The number of aromatic nitrogens is 1. The first-order chi connectivity index (χ1) is 11.3. The molecule has 0 unspecified atom stereocenters. The van der Waals surface area contributed by atoms with Crippen molar-refractivity contribution in [3.05, 3.63) is 51.3 Å². The van der Waals surface area contributed by atoms with Gasteiger partial charge in [0.05, 0.1) is 11.4 Å². The van der Waals surface area contributed by atoms with Gasteiger partial charge >= 0.3 is 0 Å². The molecule has 0 radical (unpaired) electrons. The van der Waals surface area contributed by atoms with E-state index >= 15 is 0 Å². The van der Waals surface area contributed by atoms with Crippen LogP contribution in [0.25, 0.3) is 0 Å². The number of nitriles is 1. The normalized spacial score (nSPS) is 10.2. The second-order valence-corrected chi connectivity index (χ2v) is 6.14. The fourth-order valence-corrected chi connectivity index (χ4v) is 2.49. The number of rotatable bonds is 4. The Hall–Kier alpha value is -2.29. The zero-order valence-corrected chi connectivity index (χ0v) is 14.9. The van der Waals surface area contributed by atoms with Gasteiger partial charge < -0.3 is 9.64 Å². The molecule has 0 aliphatic rings. The number of halogens is 2. The highest BCUT2D eigenvalue weighted by molar-refractivity contribution is 6.32. The number of nitrogens with zero attached hydrogens (tertiary/aromatic N) is 3. The van der Waals surface area contributed by atoms with Gasteiger partial charge in [-0.15, -0.1) is 0 Å².